The zero-order valence-electron chi connectivity index (χ0n) is 11.8. The van der Waals surface area contributed by atoms with Crippen molar-refractivity contribution in [1.82, 2.24) is 5.32 Å². The number of thioether (sulfide) groups is 1. The van der Waals surface area contributed by atoms with E-state index in [1.54, 1.807) is 11.8 Å². The first-order valence-electron chi connectivity index (χ1n) is 6.95. The van der Waals surface area contributed by atoms with E-state index in [0.29, 0.717) is 5.75 Å². The Morgan fingerprint density at radius 1 is 1.05 bits per heavy atom. The number of aliphatic hydroxyl groups excluding tert-OH is 1. The van der Waals surface area contributed by atoms with Crippen LogP contribution in [-0.2, 0) is 6.54 Å². The van der Waals surface area contributed by atoms with Crippen LogP contribution in [0.2, 0.25) is 0 Å². The first-order valence-corrected chi connectivity index (χ1v) is 7.93. The molecule has 0 aliphatic carbocycles. The first kappa shape index (κ1) is 15.1. The Hall–Kier alpha value is -1.29. The summed E-state index contributed by atoms with van der Waals surface area (Å²) < 4.78 is 0. The van der Waals surface area contributed by atoms with E-state index in [1.807, 2.05) is 30.3 Å². The molecule has 3 heteroatoms. The van der Waals surface area contributed by atoms with Gasteiger partial charge in [0.05, 0.1) is 6.10 Å². The predicted molar refractivity (Wildman–Crippen MR) is 85.9 cm³/mol. The van der Waals surface area contributed by atoms with Crippen molar-refractivity contribution in [2.24, 2.45) is 0 Å². The highest BCUT2D eigenvalue weighted by Crippen LogP contribution is 2.24. The van der Waals surface area contributed by atoms with Crippen molar-refractivity contribution in [3.05, 3.63) is 65.7 Å². The maximum atomic E-state index is 10.1. The summed E-state index contributed by atoms with van der Waals surface area (Å²) in [5.41, 5.74) is 2.27. The normalized spacial score (nSPS) is 12.3. The Bertz CT molecular complexity index is 498. The van der Waals surface area contributed by atoms with Gasteiger partial charge in [0.15, 0.2) is 0 Å². The Kier molecular flexibility index (Phi) is 6.12. The molecule has 2 nitrogen and oxygen atoms in total. The summed E-state index contributed by atoms with van der Waals surface area (Å²) in [6.07, 6.45) is -0.414. The van der Waals surface area contributed by atoms with Gasteiger partial charge >= 0.3 is 0 Å². The molecule has 0 bridgehead atoms. The Balaban J connectivity index is 1.84. The standard InChI is InChI=1S/C17H21NOS/c1-2-18-12-14-8-10-16(11-9-14)20-13-17(19)15-6-4-3-5-7-15/h3-11,17-19H,2,12-13H2,1H3. The lowest BCUT2D eigenvalue weighted by Gasteiger charge is -2.10. The molecule has 0 fully saturated rings. The number of hydrogen-bond acceptors (Lipinski definition) is 3. The lowest BCUT2D eigenvalue weighted by Crippen LogP contribution is -2.11. The summed E-state index contributed by atoms with van der Waals surface area (Å²) in [4.78, 5) is 1.19. The van der Waals surface area contributed by atoms with E-state index in [9.17, 15) is 5.11 Å². The SMILES string of the molecule is CCNCc1ccc(SCC(O)c2ccccc2)cc1. The Morgan fingerprint density at radius 3 is 2.40 bits per heavy atom. The second-order valence-electron chi connectivity index (χ2n) is 4.66. The van der Waals surface area contributed by atoms with Gasteiger partial charge in [-0.25, -0.2) is 0 Å². The Labute approximate surface area is 125 Å². The quantitative estimate of drug-likeness (QED) is 0.763. The number of rotatable bonds is 7. The van der Waals surface area contributed by atoms with Crippen LogP contribution in [0, 0.1) is 0 Å². The van der Waals surface area contributed by atoms with Crippen LogP contribution in [0.25, 0.3) is 0 Å². The molecule has 0 amide bonds. The van der Waals surface area contributed by atoms with Gasteiger partial charge in [-0.15, -0.1) is 11.8 Å². The largest absolute Gasteiger partial charge is 0.388 e. The zero-order chi connectivity index (χ0) is 14.2. The fourth-order valence-corrected chi connectivity index (χ4v) is 2.79. The minimum absolute atomic E-state index is 0.414. The fourth-order valence-electron chi connectivity index (χ4n) is 1.92. The molecule has 1 unspecified atom stereocenters. The van der Waals surface area contributed by atoms with Crippen LogP contribution in [0.3, 0.4) is 0 Å². The van der Waals surface area contributed by atoms with E-state index in [-0.39, 0.29) is 0 Å². The van der Waals surface area contributed by atoms with Crippen LogP contribution in [0.1, 0.15) is 24.2 Å². The molecule has 0 spiro atoms. The van der Waals surface area contributed by atoms with Crippen LogP contribution < -0.4 is 5.32 Å². The number of benzene rings is 2. The van der Waals surface area contributed by atoms with E-state index in [0.717, 1.165) is 18.7 Å². The van der Waals surface area contributed by atoms with Gasteiger partial charge in [-0.3, -0.25) is 0 Å². The van der Waals surface area contributed by atoms with Crippen molar-refractivity contribution < 1.29 is 5.11 Å². The van der Waals surface area contributed by atoms with Crippen molar-refractivity contribution >= 4 is 11.8 Å². The molecular weight excluding hydrogens is 266 g/mol. The summed E-state index contributed by atoms with van der Waals surface area (Å²) in [6.45, 7) is 4.00. The first-order chi connectivity index (χ1) is 9.79. The number of nitrogens with one attached hydrogen (secondary N) is 1. The van der Waals surface area contributed by atoms with Gasteiger partial charge in [0.2, 0.25) is 0 Å². The van der Waals surface area contributed by atoms with E-state index in [1.165, 1.54) is 10.5 Å². The second-order valence-corrected chi connectivity index (χ2v) is 5.76. The summed E-state index contributed by atoms with van der Waals surface area (Å²) in [7, 11) is 0. The van der Waals surface area contributed by atoms with Crippen molar-refractivity contribution in [1.29, 1.82) is 0 Å². The summed E-state index contributed by atoms with van der Waals surface area (Å²) in [5, 5.41) is 13.4. The highest BCUT2D eigenvalue weighted by Gasteiger charge is 2.07. The predicted octanol–water partition coefficient (Wildman–Crippen LogP) is 3.62. The average Bonchev–Trinajstić information content (AvgIpc) is 2.52. The van der Waals surface area contributed by atoms with Crippen LogP contribution in [0.5, 0.6) is 0 Å². The fraction of sp³-hybridized carbons (Fsp3) is 0.294. The molecule has 20 heavy (non-hydrogen) atoms. The zero-order valence-corrected chi connectivity index (χ0v) is 12.6. The van der Waals surface area contributed by atoms with Crippen LogP contribution in [0.15, 0.2) is 59.5 Å². The van der Waals surface area contributed by atoms with Gasteiger partial charge in [0, 0.05) is 17.2 Å². The molecule has 2 aromatic carbocycles. The number of hydrogen-bond donors (Lipinski definition) is 2. The van der Waals surface area contributed by atoms with Crippen molar-refractivity contribution in [2.75, 3.05) is 12.3 Å². The lowest BCUT2D eigenvalue weighted by molar-refractivity contribution is 0.204. The highest BCUT2D eigenvalue weighted by molar-refractivity contribution is 7.99. The molecule has 106 valence electrons. The molecule has 2 N–H and O–H groups in total. The van der Waals surface area contributed by atoms with Gasteiger partial charge in [-0.2, -0.15) is 0 Å². The van der Waals surface area contributed by atoms with Gasteiger partial charge < -0.3 is 10.4 Å². The molecule has 0 radical (unpaired) electrons. The minimum Gasteiger partial charge on any atom is -0.388 e. The number of aliphatic hydroxyl groups is 1. The molecule has 2 aromatic rings. The van der Waals surface area contributed by atoms with Crippen LogP contribution >= 0.6 is 11.8 Å². The van der Waals surface area contributed by atoms with Gasteiger partial charge in [0.25, 0.3) is 0 Å². The van der Waals surface area contributed by atoms with Crippen LogP contribution in [0.4, 0.5) is 0 Å². The molecule has 0 saturated heterocycles. The molecular formula is C17H21NOS. The summed E-state index contributed by atoms with van der Waals surface area (Å²) in [5.74, 6) is 0.677. The summed E-state index contributed by atoms with van der Waals surface area (Å²) in [6, 6.07) is 18.3. The monoisotopic (exact) mass is 287 g/mol. The van der Waals surface area contributed by atoms with E-state index < -0.39 is 6.10 Å². The third-order valence-electron chi connectivity index (χ3n) is 3.09. The van der Waals surface area contributed by atoms with E-state index in [2.05, 4.69) is 36.5 Å². The third kappa shape index (κ3) is 4.67. The van der Waals surface area contributed by atoms with Crippen molar-refractivity contribution in [3.8, 4) is 0 Å². The van der Waals surface area contributed by atoms with E-state index in [4.69, 9.17) is 0 Å². The molecule has 2 rings (SSSR count). The molecule has 0 aliphatic rings. The average molecular weight is 287 g/mol. The van der Waals surface area contributed by atoms with E-state index >= 15 is 0 Å². The van der Waals surface area contributed by atoms with Crippen LogP contribution in [-0.4, -0.2) is 17.4 Å². The molecule has 1 atom stereocenters. The minimum atomic E-state index is -0.414. The van der Waals surface area contributed by atoms with Crippen molar-refractivity contribution in [2.45, 2.75) is 24.5 Å². The Morgan fingerprint density at radius 2 is 1.75 bits per heavy atom. The third-order valence-corrected chi connectivity index (χ3v) is 4.18. The van der Waals surface area contributed by atoms with Crippen molar-refractivity contribution in [3.63, 3.8) is 0 Å². The molecule has 0 heterocycles. The molecule has 0 aromatic heterocycles. The lowest BCUT2D eigenvalue weighted by atomic mass is 10.1. The molecule has 0 aliphatic heterocycles. The highest BCUT2D eigenvalue weighted by atomic mass is 32.2. The maximum absolute atomic E-state index is 10.1. The van der Waals surface area contributed by atoms with Gasteiger partial charge in [-0.1, -0.05) is 49.4 Å². The topological polar surface area (TPSA) is 32.3 Å². The maximum Gasteiger partial charge on any atom is 0.0883 e. The molecule has 0 saturated carbocycles. The second kappa shape index (κ2) is 8.10. The van der Waals surface area contributed by atoms with Gasteiger partial charge in [0.1, 0.15) is 0 Å². The summed E-state index contributed by atoms with van der Waals surface area (Å²) >= 11 is 1.69. The van der Waals surface area contributed by atoms with Gasteiger partial charge in [-0.05, 0) is 29.8 Å². The smallest absolute Gasteiger partial charge is 0.0883 e.